The molecule has 1 aromatic rings. The molecule has 1 aromatic carbocycles. The normalized spacial score (nSPS) is 18.2. The Morgan fingerprint density at radius 3 is 2.64 bits per heavy atom. The van der Waals surface area contributed by atoms with Crippen LogP contribution in [0.3, 0.4) is 0 Å². The number of halogens is 1. The van der Waals surface area contributed by atoms with Crippen LogP contribution in [-0.2, 0) is 20.0 Å². The van der Waals surface area contributed by atoms with Crippen LogP contribution < -0.4 is 10.2 Å². The number of ether oxygens (including phenoxy) is 1. The van der Waals surface area contributed by atoms with Gasteiger partial charge in [-0.05, 0) is 31.4 Å². The minimum absolute atomic E-state index is 0. The lowest BCUT2D eigenvalue weighted by Crippen LogP contribution is -2.43. The first kappa shape index (κ1) is 23.4. The van der Waals surface area contributed by atoms with Gasteiger partial charge >= 0.3 is 0 Å². The van der Waals surface area contributed by atoms with Crippen LogP contribution in [0.2, 0.25) is 0 Å². The summed E-state index contributed by atoms with van der Waals surface area (Å²) >= 11 is 0. The summed E-state index contributed by atoms with van der Waals surface area (Å²) in [5, 5.41) is 3.41. The monoisotopic (exact) mass is 521 g/mol. The van der Waals surface area contributed by atoms with E-state index in [2.05, 4.69) is 41.4 Å². The second kappa shape index (κ2) is 10.2. The lowest BCUT2D eigenvalue weighted by molar-refractivity contribution is 0.157. The van der Waals surface area contributed by atoms with Crippen LogP contribution >= 0.6 is 24.0 Å². The Morgan fingerprint density at radius 1 is 1.25 bits per heavy atom. The highest BCUT2D eigenvalue weighted by Crippen LogP contribution is 2.50. The Labute approximate surface area is 186 Å². The minimum Gasteiger partial charge on any atom is -0.378 e. The largest absolute Gasteiger partial charge is 0.378 e. The van der Waals surface area contributed by atoms with E-state index in [0.717, 1.165) is 19.0 Å². The van der Waals surface area contributed by atoms with Crippen molar-refractivity contribution in [2.75, 3.05) is 49.8 Å². The molecule has 0 atom stereocenters. The molecule has 1 aliphatic heterocycles. The van der Waals surface area contributed by atoms with E-state index in [0.29, 0.717) is 13.2 Å². The highest BCUT2D eigenvalue weighted by molar-refractivity contribution is 14.0. The summed E-state index contributed by atoms with van der Waals surface area (Å²) < 4.78 is 27.7. The molecule has 1 heterocycles. The molecule has 3 rings (SSSR count). The van der Waals surface area contributed by atoms with Gasteiger partial charge < -0.3 is 15.0 Å². The van der Waals surface area contributed by atoms with Gasteiger partial charge in [-0.2, -0.15) is 0 Å². The quantitative estimate of drug-likeness (QED) is 0.259. The minimum atomic E-state index is -2.98. The van der Waals surface area contributed by atoms with Gasteiger partial charge in [0.05, 0.1) is 25.5 Å². The van der Waals surface area contributed by atoms with Gasteiger partial charge in [-0.25, -0.2) is 8.42 Å². The third-order valence-corrected chi connectivity index (χ3v) is 6.38. The Balaban J connectivity index is 0.00000280. The van der Waals surface area contributed by atoms with Crippen molar-refractivity contribution < 1.29 is 13.2 Å². The number of para-hydroxylation sites is 1. The van der Waals surface area contributed by atoms with Crippen molar-refractivity contribution in [1.29, 1.82) is 0 Å². The van der Waals surface area contributed by atoms with Crippen molar-refractivity contribution in [2.45, 2.75) is 38.0 Å². The standard InChI is InChI=1S/C20H31N3O3S.HI/c1-3-21-19(22-12-13-26-14-15-27(2,24)25)23-16-20(10-6-7-11-20)17-8-4-5-9-18(17)23;/h4-5,8-9H,3,6-7,10-16H2,1-2H3,(H,21,22);1H. The SMILES string of the molecule is CCNC(=NCCOCCS(C)(=O)=O)N1CC2(CCCC2)c2ccccc21.I. The number of fused-ring (bicyclic) bond motifs is 2. The molecule has 1 aliphatic carbocycles. The molecular weight excluding hydrogens is 489 g/mol. The maximum atomic E-state index is 11.1. The molecule has 1 saturated carbocycles. The van der Waals surface area contributed by atoms with Gasteiger partial charge in [0, 0.05) is 30.4 Å². The van der Waals surface area contributed by atoms with Crippen LogP contribution in [0.25, 0.3) is 0 Å². The summed E-state index contributed by atoms with van der Waals surface area (Å²) in [5.74, 6) is 0.944. The first-order chi connectivity index (χ1) is 13.0. The summed E-state index contributed by atoms with van der Waals surface area (Å²) in [5.41, 5.74) is 2.98. The Hall–Kier alpha value is -0.870. The summed E-state index contributed by atoms with van der Waals surface area (Å²) in [6, 6.07) is 8.70. The van der Waals surface area contributed by atoms with Crippen molar-refractivity contribution in [2.24, 2.45) is 4.99 Å². The topological polar surface area (TPSA) is 71.0 Å². The number of anilines is 1. The van der Waals surface area contributed by atoms with Crippen LogP contribution in [0.4, 0.5) is 5.69 Å². The fourth-order valence-electron chi connectivity index (χ4n) is 4.22. The van der Waals surface area contributed by atoms with Gasteiger partial charge in [0.2, 0.25) is 0 Å². The number of nitrogens with one attached hydrogen (secondary N) is 1. The van der Waals surface area contributed by atoms with Gasteiger partial charge in [0.1, 0.15) is 9.84 Å². The maximum Gasteiger partial charge on any atom is 0.198 e. The zero-order chi connectivity index (χ0) is 19.3. The molecule has 0 aromatic heterocycles. The van der Waals surface area contributed by atoms with Crippen LogP contribution in [0.5, 0.6) is 0 Å². The zero-order valence-electron chi connectivity index (χ0n) is 16.8. The van der Waals surface area contributed by atoms with E-state index in [1.807, 2.05) is 0 Å². The van der Waals surface area contributed by atoms with E-state index in [4.69, 9.17) is 9.73 Å². The van der Waals surface area contributed by atoms with E-state index < -0.39 is 9.84 Å². The number of sulfone groups is 1. The molecule has 1 N–H and O–H groups in total. The molecule has 1 fully saturated rings. The van der Waals surface area contributed by atoms with Gasteiger partial charge in [-0.1, -0.05) is 31.0 Å². The van der Waals surface area contributed by atoms with Gasteiger partial charge in [-0.3, -0.25) is 4.99 Å². The number of aliphatic imine (C=N–C) groups is 1. The predicted molar refractivity (Wildman–Crippen MR) is 126 cm³/mol. The number of nitrogens with zero attached hydrogens (tertiary/aromatic N) is 2. The van der Waals surface area contributed by atoms with E-state index >= 15 is 0 Å². The van der Waals surface area contributed by atoms with Crippen molar-refractivity contribution in [3.8, 4) is 0 Å². The smallest absolute Gasteiger partial charge is 0.198 e. The molecule has 0 saturated heterocycles. The van der Waals surface area contributed by atoms with Gasteiger partial charge in [0.25, 0.3) is 0 Å². The highest BCUT2D eigenvalue weighted by atomic mass is 127. The number of guanidine groups is 1. The van der Waals surface area contributed by atoms with E-state index in [1.54, 1.807) is 0 Å². The number of rotatable bonds is 7. The van der Waals surface area contributed by atoms with Crippen LogP contribution in [0, 0.1) is 0 Å². The Morgan fingerprint density at radius 2 is 1.96 bits per heavy atom. The van der Waals surface area contributed by atoms with Crippen molar-refractivity contribution >= 4 is 45.5 Å². The lowest BCUT2D eigenvalue weighted by atomic mass is 9.81. The van der Waals surface area contributed by atoms with Gasteiger partial charge in [0.15, 0.2) is 5.96 Å². The molecule has 28 heavy (non-hydrogen) atoms. The molecule has 1 spiro atoms. The average Bonchev–Trinajstić information content (AvgIpc) is 3.23. The highest BCUT2D eigenvalue weighted by Gasteiger charge is 2.45. The van der Waals surface area contributed by atoms with Crippen molar-refractivity contribution in [3.05, 3.63) is 29.8 Å². The summed E-state index contributed by atoms with van der Waals surface area (Å²) in [6.07, 6.45) is 6.30. The van der Waals surface area contributed by atoms with Crippen molar-refractivity contribution in [1.82, 2.24) is 5.32 Å². The third-order valence-electron chi connectivity index (χ3n) is 5.47. The fraction of sp³-hybridized carbons (Fsp3) is 0.650. The molecule has 0 amide bonds. The fourth-order valence-corrected chi connectivity index (χ4v) is 4.64. The maximum absolute atomic E-state index is 11.1. The van der Waals surface area contributed by atoms with Crippen LogP contribution in [0.1, 0.15) is 38.2 Å². The number of benzene rings is 1. The predicted octanol–water partition coefficient (Wildman–Crippen LogP) is 2.96. The Kier molecular flexibility index (Phi) is 8.57. The molecule has 2 aliphatic rings. The third kappa shape index (κ3) is 5.60. The second-order valence-electron chi connectivity index (χ2n) is 7.57. The Bertz CT molecular complexity index is 777. The molecular formula is C20H32IN3O3S. The molecule has 0 unspecified atom stereocenters. The lowest BCUT2D eigenvalue weighted by Gasteiger charge is -2.26. The second-order valence-corrected chi connectivity index (χ2v) is 9.83. The number of hydrogen-bond acceptors (Lipinski definition) is 4. The molecule has 6 nitrogen and oxygen atoms in total. The molecule has 0 bridgehead atoms. The first-order valence-corrected chi connectivity index (χ1v) is 11.9. The van der Waals surface area contributed by atoms with Gasteiger partial charge in [-0.15, -0.1) is 24.0 Å². The molecule has 0 radical (unpaired) electrons. The summed E-state index contributed by atoms with van der Waals surface area (Å²) in [7, 11) is -2.98. The van der Waals surface area contributed by atoms with Crippen LogP contribution in [-0.4, -0.2) is 59.2 Å². The summed E-state index contributed by atoms with van der Waals surface area (Å²) in [4.78, 5) is 7.06. The zero-order valence-corrected chi connectivity index (χ0v) is 20.0. The van der Waals surface area contributed by atoms with E-state index in [9.17, 15) is 8.42 Å². The van der Waals surface area contributed by atoms with Crippen LogP contribution in [0.15, 0.2) is 29.3 Å². The first-order valence-electron chi connectivity index (χ1n) is 9.86. The molecule has 8 heteroatoms. The summed E-state index contributed by atoms with van der Waals surface area (Å²) in [6.45, 7) is 5.02. The average molecular weight is 521 g/mol. The van der Waals surface area contributed by atoms with E-state index in [-0.39, 0.29) is 41.8 Å². The number of hydrogen-bond donors (Lipinski definition) is 1. The van der Waals surface area contributed by atoms with E-state index in [1.165, 1.54) is 43.2 Å². The van der Waals surface area contributed by atoms with Crippen molar-refractivity contribution in [3.63, 3.8) is 0 Å². The molecule has 158 valence electrons.